The van der Waals surface area contributed by atoms with E-state index < -0.39 is 34.7 Å². The van der Waals surface area contributed by atoms with Gasteiger partial charge in [-0.25, -0.2) is 9.59 Å². The predicted molar refractivity (Wildman–Crippen MR) is 106 cm³/mol. The van der Waals surface area contributed by atoms with Gasteiger partial charge in [0.15, 0.2) is 0 Å². The van der Waals surface area contributed by atoms with Crippen LogP contribution in [0.25, 0.3) is 0 Å². The number of carbonyl (C=O) groups is 4. The van der Waals surface area contributed by atoms with Crippen molar-refractivity contribution in [3.8, 4) is 0 Å². The van der Waals surface area contributed by atoms with Gasteiger partial charge in [0.2, 0.25) is 11.6 Å². The highest BCUT2D eigenvalue weighted by Crippen LogP contribution is 2.32. The molecule has 2 aromatic rings. The number of Topliss-reactive ketones (excluding diaryl/α,β-unsaturated/α-hetero) is 2. The number of carboxylic acids is 2. The van der Waals surface area contributed by atoms with Crippen molar-refractivity contribution in [3.05, 3.63) is 69.8 Å². The summed E-state index contributed by atoms with van der Waals surface area (Å²) >= 11 is 0. The number of aryl methyl sites for hydroxylation is 4. The van der Waals surface area contributed by atoms with Crippen molar-refractivity contribution >= 4 is 23.5 Å². The number of carbonyl (C=O) groups excluding carboxylic acids is 2. The van der Waals surface area contributed by atoms with Gasteiger partial charge in [-0.05, 0) is 62.1 Å². The fourth-order valence-corrected chi connectivity index (χ4v) is 3.02. The van der Waals surface area contributed by atoms with Gasteiger partial charge in [0.1, 0.15) is 0 Å². The third-order valence-corrected chi connectivity index (χ3v) is 5.34. The summed E-state index contributed by atoms with van der Waals surface area (Å²) in [5.41, 5.74) is -6.05. The molecule has 0 fully saturated rings. The number of aliphatic carboxylic acids is 2. The monoisotopic (exact) mass is 414 g/mol. The van der Waals surface area contributed by atoms with E-state index in [-0.39, 0.29) is 11.1 Å². The Labute approximate surface area is 172 Å². The SMILES string of the molecule is Cc1ccc(C(=O)[C@](O)(C(=O)O)[C@@](O)(C(=O)O)C(=O)c2ccc(C)c(C)c2)cc1C. The molecule has 30 heavy (non-hydrogen) atoms. The van der Waals surface area contributed by atoms with Crippen LogP contribution in [0.15, 0.2) is 36.4 Å². The molecule has 2 aromatic carbocycles. The molecule has 0 saturated carbocycles. The first-order valence-electron chi connectivity index (χ1n) is 8.94. The van der Waals surface area contributed by atoms with Crippen molar-refractivity contribution in [2.75, 3.05) is 0 Å². The minimum atomic E-state index is -3.98. The van der Waals surface area contributed by atoms with Crippen LogP contribution in [0.2, 0.25) is 0 Å². The quantitative estimate of drug-likeness (QED) is 0.394. The first kappa shape index (κ1) is 22.9. The van der Waals surface area contributed by atoms with E-state index in [1.165, 1.54) is 36.4 Å². The van der Waals surface area contributed by atoms with E-state index >= 15 is 0 Å². The fraction of sp³-hybridized carbons (Fsp3) is 0.273. The summed E-state index contributed by atoms with van der Waals surface area (Å²) in [5, 5.41) is 40.9. The molecule has 158 valence electrons. The number of benzene rings is 2. The molecule has 0 aliphatic rings. The van der Waals surface area contributed by atoms with E-state index in [0.717, 1.165) is 11.1 Å². The Morgan fingerprint density at radius 3 is 1.13 bits per heavy atom. The normalized spacial score (nSPS) is 15.0. The van der Waals surface area contributed by atoms with Crippen LogP contribution in [0.1, 0.15) is 43.0 Å². The third-order valence-electron chi connectivity index (χ3n) is 5.34. The molecule has 0 radical (unpaired) electrons. The lowest BCUT2D eigenvalue weighted by Crippen LogP contribution is -2.71. The fourth-order valence-electron chi connectivity index (χ4n) is 3.02. The number of aliphatic hydroxyl groups is 2. The maximum absolute atomic E-state index is 13.0. The van der Waals surface area contributed by atoms with Gasteiger partial charge in [0.05, 0.1) is 0 Å². The summed E-state index contributed by atoms with van der Waals surface area (Å²) in [6.07, 6.45) is 0. The second kappa shape index (κ2) is 7.81. The highest BCUT2D eigenvalue weighted by molar-refractivity contribution is 6.28. The first-order chi connectivity index (χ1) is 13.8. The van der Waals surface area contributed by atoms with Crippen LogP contribution < -0.4 is 0 Å². The molecule has 0 amide bonds. The molecule has 0 unspecified atom stereocenters. The summed E-state index contributed by atoms with van der Waals surface area (Å²) < 4.78 is 0. The van der Waals surface area contributed by atoms with Crippen molar-refractivity contribution in [3.63, 3.8) is 0 Å². The molecule has 0 aromatic heterocycles. The number of carboxylic acid groups (broad SMARTS) is 2. The Kier molecular flexibility index (Phi) is 5.97. The van der Waals surface area contributed by atoms with Crippen molar-refractivity contribution in [2.24, 2.45) is 0 Å². The zero-order valence-corrected chi connectivity index (χ0v) is 16.9. The summed E-state index contributed by atoms with van der Waals surface area (Å²) in [4.78, 5) is 49.8. The second-order valence-electron chi connectivity index (χ2n) is 7.29. The zero-order valence-electron chi connectivity index (χ0n) is 16.9. The van der Waals surface area contributed by atoms with E-state index in [9.17, 15) is 39.6 Å². The average Bonchev–Trinajstić information content (AvgIpc) is 2.69. The van der Waals surface area contributed by atoms with Crippen LogP contribution in [-0.4, -0.2) is 55.1 Å². The average molecular weight is 414 g/mol. The molecule has 8 nitrogen and oxygen atoms in total. The minimum absolute atomic E-state index is 0.365. The highest BCUT2D eigenvalue weighted by atomic mass is 16.5. The summed E-state index contributed by atoms with van der Waals surface area (Å²) in [6.45, 7) is 6.69. The molecule has 0 saturated heterocycles. The first-order valence-corrected chi connectivity index (χ1v) is 8.94. The minimum Gasteiger partial charge on any atom is -0.479 e. The lowest BCUT2D eigenvalue weighted by molar-refractivity contribution is -0.187. The molecule has 0 aliphatic carbocycles. The van der Waals surface area contributed by atoms with Crippen LogP contribution >= 0.6 is 0 Å². The van der Waals surface area contributed by atoms with Crippen LogP contribution in [0.5, 0.6) is 0 Å². The van der Waals surface area contributed by atoms with E-state index in [1.54, 1.807) is 27.7 Å². The molecule has 8 heteroatoms. The Morgan fingerprint density at radius 1 is 0.600 bits per heavy atom. The molecule has 4 N–H and O–H groups in total. The van der Waals surface area contributed by atoms with Crippen LogP contribution in [-0.2, 0) is 9.59 Å². The summed E-state index contributed by atoms with van der Waals surface area (Å²) in [6, 6.07) is 7.79. The van der Waals surface area contributed by atoms with Crippen LogP contribution in [0.4, 0.5) is 0 Å². The van der Waals surface area contributed by atoms with Crippen molar-refractivity contribution < 1.29 is 39.6 Å². The van der Waals surface area contributed by atoms with Crippen molar-refractivity contribution in [1.29, 1.82) is 0 Å². The van der Waals surface area contributed by atoms with Gasteiger partial charge in [-0.2, -0.15) is 0 Å². The van der Waals surface area contributed by atoms with Gasteiger partial charge in [-0.1, -0.05) is 24.3 Å². The number of hydrogen-bond donors (Lipinski definition) is 4. The van der Waals surface area contributed by atoms with Gasteiger partial charge >= 0.3 is 11.9 Å². The third kappa shape index (κ3) is 3.40. The Hall–Kier alpha value is -3.36. The van der Waals surface area contributed by atoms with Gasteiger partial charge in [-0.3, -0.25) is 9.59 Å². The predicted octanol–water partition coefficient (Wildman–Crippen LogP) is 1.62. The highest BCUT2D eigenvalue weighted by Gasteiger charge is 2.69. The number of hydrogen-bond acceptors (Lipinski definition) is 6. The topological polar surface area (TPSA) is 149 Å². The maximum Gasteiger partial charge on any atom is 0.348 e. The summed E-state index contributed by atoms with van der Waals surface area (Å²) in [7, 11) is 0. The molecule has 2 rings (SSSR count). The molecule has 0 bridgehead atoms. The van der Waals surface area contributed by atoms with E-state index in [2.05, 4.69) is 0 Å². The maximum atomic E-state index is 13.0. The lowest BCUT2D eigenvalue weighted by Gasteiger charge is -2.34. The Balaban J connectivity index is 2.74. The second-order valence-corrected chi connectivity index (χ2v) is 7.29. The smallest absolute Gasteiger partial charge is 0.348 e. The Morgan fingerprint density at radius 2 is 0.900 bits per heavy atom. The van der Waals surface area contributed by atoms with Gasteiger partial charge < -0.3 is 20.4 Å². The standard InChI is InChI=1S/C22H22O8/c1-11-5-7-15(9-13(11)3)17(23)21(29,19(25)26)22(30,20(27)28)18(24)16-8-6-12(2)14(4)10-16/h5-10,29-30H,1-4H3,(H,25,26)(H,27,28)/t21-,22-/m0/s1. The van der Waals surface area contributed by atoms with Gasteiger partial charge in [0, 0.05) is 11.1 Å². The summed E-state index contributed by atoms with van der Waals surface area (Å²) in [5.74, 6) is -7.99. The van der Waals surface area contributed by atoms with E-state index in [1.807, 2.05) is 0 Å². The molecular formula is C22H22O8. The number of ketones is 2. The Bertz CT molecular complexity index is 985. The van der Waals surface area contributed by atoms with Crippen molar-refractivity contribution in [1.82, 2.24) is 0 Å². The number of rotatable bonds is 7. The van der Waals surface area contributed by atoms with Gasteiger partial charge in [-0.15, -0.1) is 0 Å². The largest absolute Gasteiger partial charge is 0.479 e. The van der Waals surface area contributed by atoms with E-state index in [0.29, 0.717) is 11.1 Å². The molecule has 2 atom stereocenters. The molecule has 0 heterocycles. The lowest BCUT2D eigenvalue weighted by atomic mass is 9.72. The van der Waals surface area contributed by atoms with E-state index in [4.69, 9.17) is 0 Å². The zero-order chi connectivity index (χ0) is 23.0. The van der Waals surface area contributed by atoms with Crippen LogP contribution in [0, 0.1) is 27.7 Å². The van der Waals surface area contributed by atoms with Gasteiger partial charge in [0.25, 0.3) is 11.2 Å². The van der Waals surface area contributed by atoms with Crippen LogP contribution in [0.3, 0.4) is 0 Å². The van der Waals surface area contributed by atoms with Crippen molar-refractivity contribution in [2.45, 2.75) is 38.9 Å². The molecule has 0 spiro atoms. The molecule has 0 aliphatic heterocycles. The molecular weight excluding hydrogens is 392 g/mol.